The molecular formula is C14H21NO2S. The summed E-state index contributed by atoms with van der Waals surface area (Å²) < 4.78 is 5.58. The number of hydrogen-bond acceptors (Lipinski definition) is 4. The van der Waals surface area contributed by atoms with E-state index in [9.17, 15) is 4.79 Å². The van der Waals surface area contributed by atoms with Crippen molar-refractivity contribution in [2.75, 3.05) is 13.2 Å². The number of nitrogens with two attached hydrogens (primary N) is 1. The van der Waals surface area contributed by atoms with Crippen molar-refractivity contribution in [2.24, 2.45) is 5.73 Å². The van der Waals surface area contributed by atoms with Crippen LogP contribution in [0.2, 0.25) is 0 Å². The number of carbonyl (C=O) groups is 1. The van der Waals surface area contributed by atoms with Crippen LogP contribution >= 0.6 is 11.8 Å². The van der Waals surface area contributed by atoms with E-state index in [0.29, 0.717) is 18.4 Å². The minimum atomic E-state index is 0.0798. The van der Waals surface area contributed by atoms with Crippen molar-refractivity contribution in [3.8, 4) is 5.75 Å². The molecule has 0 aliphatic rings. The van der Waals surface area contributed by atoms with Gasteiger partial charge < -0.3 is 10.5 Å². The van der Waals surface area contributed by atoms with E-state index < -0.39 is 0 Å². The van der Waals surface area contributed by atoms with Crippen LogP contribution in [0.4, 0.5) is 0 Å². The maximum Gasteiger partial charge on any atom is 0.159 e. The quantitative estimate of drug-likeness (QED) is 0.772. The van der Waals surface area contributed by atoms with Crippen LogP contribution in [-0.4, -0.2) is 24.2 Å². The zero-order valence-electron chi connectivity index (χ0n) is 11.2. The zero-order valence-corrected chi connectivity index (χ0v) is 12.0. The maximum absolute atomic E-state index is 11.4. The van der Waals surface area contributed by atoms with Crippen molar-refractivity contribution >= 4 is 17.5 Å². The Bertz CT molecular complexity index is 407. The molecule has 0 saturated heterocycles. The lowest BCUT2D eigenvalue weighted by Gasteiger charge is -2.13. The maximum atomic E-state index is 11.4. The highest BCUT2D eigenvalue weighted by molar-refractivity contribution is 7.99. The minimum absolute atomic E-state index is 0.0798. The van der Waals surface area contributed by atoms with Gasteiger partial charge in [-0.05, 0) is 32.0 Å². The molecule has 0 spiro atoms. The standard InChI is InChI=1S/C14H21NO2S/c1-4-17-14-6-5-12(11(3)16)7-13(14)9-18-10(2)8-15/h5-7,10H,4,8-9,15H2,1-3H3. The van der Waals surface area contributed by atoms with Gasteiger partial charge in [0.15, 0.2) is 5.78 Å². The van der Waals surface area contributed by atoms with E-state index in [1.54, 1.807) is 18.7 Å². The average molecular weight is 267 g/mol. The Kier molecular flexibility index (Phi) is 6.22. The van der Waals surface area contributed by atoms with Gasteiger partial charge in [-0.1, -0.05) is 6.92 Å². The first-order valence-corrected chi connectivity index (χ1v) is 7.21. The van der Waals surface area contributed by atoms with Crippen LogP contribution in [0, 0.1) is 0 Å². The van der Waals surface area contributed by atoms with Gasteiger partial charge >= 0.3 is 0 Å². The average Bonchev–Trinajstić information content (AvgIpc) is 2.37. The molecule has 1 atom stereocenters. The van der Waals surface area contributed by atoms with Gasteiger partial charge in [0.2, 0.25) is 0 Å². The van der Waals surface area contributed by atoms with E-state index in [1.165, 1.54) is 0 Å². The van der Waals surface area contributed by atoms with Gasteiger partial charge in [0.05, 0.1) is 6.61 Å². The van der Waals surface area contributed by atoms with Gasteiger partial charge in [-0.15, -0.1) is 0 Å². The van der Waals surface area contributed by atoms with Crippen molar-refractivity contribution < 1.29 is 9.53 Å². The van der Waals surface area contributed by atoms with Crippen LogP contribution in [0.1, 0.15) is 36.7 Å². The van der Waals surface area contributed by atoms with Crippen molar-refractivity contribution in [2.45, 2.75) is 31.8 Å². The molecule has 0 aromatic heterocycles. The fourth-order valence-corrected chi connectivity index (χ4v) is 2.33. The molecule has 0 saturated carbocycles. The molecule has 0 aliphatic heterocycles. The summed E-state index contributed by atoms with van der Waals surface area (Å²) in [6.07, 6.45) is 0. The summed E-state index contributed by atoms with van der Waals surface area (Å²) in [5.74, 6) is 1.75. The highest BCUT2D eigenvalue weighted by Crippen LogP contribution is 2.26. The smallest absolute Gasteiger partial charge is 0.159 e. The van der Waals surface area contributed by atoms with Crippen LogP contribution in [0.5, 0.6) is 5.75 Å². The Labute approximate surface area is 113 Å². The van der Waals surface area contributed by atoms with Crippen LogP contribution in [0.25, 0.3) is 0 Å². The number of benzene rings is 1. The molecule has 4 heteroatoms. The molecule has 1 aromatic rings. The second-order valence-corrected chi connectivity index (χ2v) is 5.60. The number of thioether (sulfide) groups is 1. The third kappa shape index (κ3) is 4.35. The monoisotopic (exact) mass is 267 g/mol. The predicted octanol–water partition coefficient (Wildman–Crippen LogP) is 2.87. The topological polar surface area (TPSA) is 52.3 Å². The molecule has 3 nitrogen and oxygen atoms in total. The molecule has 0 bridgehead atoms. The molecule has 0 fully saturated rings. The molecule has 0 amide bonds. The molecule has 1 unspecified atom stereocenters. The largest absolute Gasteiger partial charge is 0.494 e. The van der Waals surface area contributed by atoms with E-state index in [0.717, 1.165) is 22.6 Å². The van der Waals surface area contributed by atoms with E-state index in [4.69, 9.17) is 10.5 Å². The summed E-state index contributed by atoms with van der Waals surface area (Å²) in [4.78, 5) is 11.4. The third-order valence-corrected chi connectivity index (χ3v) is 3.86. The van der Waals surface area contributed by atoms with Crippen LogP contribution in [0.15, 0.2) is 18.2 Å². The molecule has 18 heavy (non-hydrogen) atoms. The number of ether oxygens (including phenoxy) is 1. The van der Waals surface area contributed by atoms with Gasteiger partial charge in [-0.3, -0.25) is 4.79 Å². The summed E-state index contributed by atoms with van der Waals surface area (Å²) in [6.45, 7) is 6.91. The first-order chi connectivity index (χ1) is 8.58. The van der Waals surface area contributed by atoms with Crippen molar-refractivity contribution in [1.82, 2.24) is 0 Å². The third-order valence-electron chi connectivity index (χ3n) is 2.62. The highest BCUT2D eigenvalue weighted by Gasteiger charge is 2.09. The Hall–Kier alpha value is -1.00. The predicted molar refractivity (Wildman–Crippen MR) is 77.4 cm³/mol. The van der Waals surface area contributed by atoms with Gasteiger partial charge in [0, 0.05) is 28.7 Å². The number of rotatable bonds is 7. The van der Waals surface area contributed by atoms with Crippen LogP contribution in [0.3, 0.4) is 0 Å². The molecule has 1 rings (SSSR count). The van der Waals surface area contributed by atoms with E-state index in [2.05, 4.69) is 6.92 Å². The Morgan fingerprint density at radius 2 is 2.22 bits per heavy atom. The Morgan fingerprint density at radius 1 is 1.50 bits per heavy atom. The second kappa shape index (κ2) is 7.44. The van der Waals surface area contributed by atoms with Gasteiger partial charge in [-0.2, -0.15) is 11.8 Å². The lowest BCUT2D eigenvalue weighted by molar-refractivity contribution is 0.101. The fourth-order valence-electron chi connectivity index (χ4n) is 1.51. The van der Waals surface area contributed by atoms with Crippen molar-refractivity contribution in [1.29, 1.82) is 0 Å². The Balaban J connectivity index is 2.88. The first kappa shape index (κ1) is 15.1. The minimum Gasteiger partial charge on any atom is -0.494 e. The van der Waals surface area contributed by atoms with Crippen molar-refractivity contribution in [3.05, 3.63) is 29.3 Å². The fraction of sp³-hybridized carbons (Fsp3) is 0.500. The summed E-state index contributed by atoms with van der Waals surface area (Å²) >= 11 is 1.77. The van der Waals surface area contributed by atoms with Crippen LogP contribution in [-0.2, 0) is 5.75 Å². The lowest BCUT2D eigenvalue weighted by Crippen LogP contribution is -2.12. The molecule has 100 valence electrons. The number of hydrogen-bond donors (Lipinski definition) is 1. The van der Waals surface area contributed by atoms with E-state index in [-0.39, 0.29) is 5.78 Å². The first-order valence-electron chi connectivity index (χ1n) is 6.16. The number of ketones is 1. The molecule has 0 radical (unpaired) electrons. The SMILES string of the molecule is CCOc1ccc(C(C)=O)cc1CSC(C)CN. The van der Waals surface area contributed by atoms with Crippen LogP contribution < -0.4 is 10.5 Å². The van der Waals surface area contributed by atoms with Gasteiger partial charge in [-0.25, -0.2) is 0 Å². The highest BCUT2D eigenvalue weighted by atomic mass is 32.2. The lowest BCUT2D eigenvalue weighted by atomic mass is 10.1. The van der Waals surface area contributed by atoms with Gasteiger partial charge in [0.1, 0.15) is 5.75 Å². The molecule has 1 aromatic carbocycles. The summed E-state index contributed by atoms with van der Waals surface area (Å²) in [6, 6.07) is 5.61. The second-order valence-electron chi connectivity index (χ2n) is 4.17. The zero-order chi connectivity index (χ0) is 13.5. The van der Waals surface area contributed by atoms with Gasteiger partial charge in [0.25, 0.3) is 0 Å². The normalized spacial score (nSPS) is 12.2. The molecular weight excluding hydrogens is 246 g/mol. The number of Topliss-reactive ketones (excluding diaryl/α,β-unsaturated/α-hetero) is 1. The Morgan fingerprint density at radius 3 is 2.78 bits per heavy atom. The molecule has 0 heterocycles. The molecule has 0 aliphatic carbocycles. The van der Waals surface area contributed by atoms with E-state index >= 15 is 0 Å². The summed E-state index contributed by atoms with van der Waals surface area (Å²) in [5.41, 5.74) is 7.40. The number of carbonyl (C=O) groups excluding carboxylic acids is 1. The van der Waals surface area contributed by atoms with E-state index in [1.807, 2.05) is 25.1 Å². The summed E-state index contributed by atoms with van der Waals surface area (Å²) in [5, 5.41) is 0.403. The van der Waals surface area contributed by atoms with Crippen molar-refractivity contribution in [3.63, 3.8) is 0 Å². The molecule has 2 N–H and O–H groups in total. The summed E-state index contributed by atoms with van der Waals surface area (Å²) in [7, 11) is 0.